The van der Waals surface area contributed by atoms with E-state index in [-0.39, 0.29) is 12.5 Å². The van der Waals surface area contributed by atoms with Crippen molar-refractivity contribution in [3.8, 4) is 0 Å². The Balaban J connectivity index is 2.13. The van der Waals surface area contributed by atoms with Gasteiger partial charge in [0.25, 0.3) is 0 Å². The lowest BCUT2D eigenvalue weighted by molar-refractivity contribution is 0.263. The average molecular weight is 253 g/mol. The Labute approximate surface area is 104 Å². The molecule has 0 saturated carbocycles. The molecule has 0 fully saturated rings. The molecule has 5 nitrogen and oxygen atoms in total. The van der Waals surface area contributed by atoms with Crippen LogP contribution in [0.3, 0.4) is 0 Å². The molecule has 0 aliphatic heterocycles. The first-order valence-electron chi connectivity index (χ1n) is 5.28. The highest BCUT2D eigenvalue weighted by molar-refractivity contribution is 6.30. The van der Waals surface area contributed by atoms with Crippen molar-refractivity contribution in [3.05, 3.63) is 40.7 Å². The number of aryl methyl sites for hydroxylation is 1. The molecule has 1 heterocycles. The van der Waals surface area contributed by atoms with Crippen molar-refractivity contribution in [1.82, 2.24) is 20.2 Å². The molecule has 0 bridgehead atoms. The molecular formula is C11H13ClN4O. The molecule has 0 aliphatic rings. The van der Waals surface area contributed by atoms with E-state index in [1.807, 2.05) is 24.3 Å². The zero-order valence-corrected chi connectivity index (χ0v) is 10.2. The van der Waals surface area contributed by atoms with Crippen molar-refractivity contribution < 1.29 is 5.11 Å². The quantitative estimate of drug-likeness (QED) is 0.888. The first-order valence-corrected chi connectivity index (χ1v) is 5.66. The summed E-state index contributed by atoms with van der Waals surface area (Å²) in [5.41, 5.74) is 1.02. The number of benzene rings is 1. The minimum Gasteiger partial charge on any atom is -0.396 e. The highest BCUT2D eigenvalue weighted by Gasteiger charge is 2.14. The minimum absolute atomic E-state index is 0.0310. The van der Waals surface area contributed by atoms with Gasteiger partial charge in [-0.2, -0.15) is 4.80 Å². The van der Waals surface area contributed by atoms with Crippen molar-refractivity contribution in [3.63, 3.8) is 0 Å². The molecule has 1 aromatic heterocycles. The third-order valence-electron chi connectivity index (χ3n) is 2.54. The summed E-state index contributed by atoms with van der Waals surface area (Å²) in [6.45, 7) is 0.0416. The fourth-order valence-electron chi connectivity index (χ4n) is 1.65. The predicted octanol–water partition coefficient (Wildman–Crippen LogP) is 1.18. The van der Waals surface area contributed by atoms with Crippen LogP contribution in [0, 0.1) is 0 Å². The standard InChI is InChI=1S/C11H13ClN4O/c1-16-14-11(13-15-16)6-9(7-17)8-2-4-10(12)5-3-8/h2-5,9,17H,6-7H2,1H3. The number of hydrogen-bond acceptors (Lipinski definition) is 4. The van der Waals surface area contributed by atoms with Gasteiger partial charge in [0, 0.05) is 17.4 Å². The molecule has 6 heteroatoms. The topological polar surface area (TPSA) is 63.8 Å². The Morgan fingerprint density at radius 3 is 2.59 bits per heavy atom. The first-order chi connectivity index (χ1) is 8.19. The highest BCUT2D eigenvalue weighted by Crippen LogP contribution is 2.20. The Morgan fingerprint density at radius 1 is 1.35 bits per heavy atom. The summed E-state index contributed by atoms with van der Waals surface area (Å²) in [7, 11) is 1.72. The average Bonchev–Trinajstić information content (AvgIpc) is 2.73. The second-order valence-electron chi connectivity index (χ2n) is 3.83. The number of rotatable bonds is 4. The van der Waals surface area contributed by atoms with Crippen LogP contribution < -0.4 is 0 Å². The number of aliphatic hydroxyl groups excluding tert-OH is 1. The van der Waals surface area contributed by atoms with Gasteiger partial charge in [0.05, 0.1) is 13.7 Å². The van der Waals surface area contributed by atoms with Gasteiger partial charge < -0.3 is 5.11 Å². The second-order valence-corrected chi connectivity index (χ2v) is 4.27. The largest absolute Gasteiger partial charge is 0.396 e. The Hall–Kier alpha value is -1.46. The van der Waals surface area contributed by atoms with E-state index in [1.165, 1.54) is 4.80 Å². The molecule has 0 aliphatic carbocycles. The van der Waals surface area contributed by atoms with E-state index in [9.17, 15) is 5.11 Å². The summed E-state index contributed by atoms with van der Waals surface area (Å²) in [5.74, 6) is 0.595. The number of aliphatic hydroxyl groups is 1. The lowest BCUT2D eigenvalue weighted by Crippen LogP contribution is -2.09. The van der Waals surface area contributed by atoms with Gasteiger partial charge in [-0.15, -0.1) is 10.2 Å². The van der Waals surface area contributed by atoms with E-state index < -0.39 is 0 Å². The summed E-state index contributed by atoms with van der Waals surface area (Å²) in [5, 5.41) is 21.9. The monoisotopic (exact) mass is 252 g/mol. The van der Waals surface area contributed by atoms with Gasteiger partial charge in [-0.05, 0) is 22.9 Å². The third-order valence-corrected chi connectivity index (χ3v) is 2.79. The van der Waals surface area contributed by atoms with Gasteiger partial charge in [0.1, 0.15) is 0 Å². The van der Waals surface area contributed by atoms with E-state index in [2.05, 4.69) is 15.4 Å². The van der Waals surface area contributed by atoms with Crippen molar-refractivity contribution in [2.45, 2.75) is 12.3 Å². The zero-order valence-electron chi connectivity index (χ0n) is 9.41. The summed E-state index contributed by atoms with van der Waals surface area (Å²) < 4.78 is 0. The van der Waals surface area contributed by atoms with E-state index >= 15 is 0 Å². The van der Waals surface area contributed by atoms with Crippen LogP contribution in [0.15, 0.2) is 24.3 Å². The van der Waals surface area contributed by atoms with Crippen molar-refractivity contribution in [2.75, 3.05) is 6.61 Å². The molecular weight excluding hydrogens is 240 g/mol. The molecule has 1 atom stereocenters. The minimum atomic E-state index is -0.0310. The van der Waals surface area contributed by atoms with Crippen LogP contribution in [0.25, 0.3) is 0 Å². The summed E-state index contributed by atoms with van der Waals surface area (Å²) >= 11 is 5.82. The number of nitrogens with zero attached hydrogens (tertiary/aromatic N) is 4. The maximum Gasteiger partial charge on any atom is 0.175 e. The maximum absolute atomic E-state index is 9.40. The normalized spacial score (nSPS) is 12.6. The SMILES string of the molecule is Cn1nnc(CC(CO)c2ccc(Cl)cc2)n1. The van der Waals surface area contributed by atoms with Crippen LogP contribution in [0.2, 0.25) is 5.02 Å². The molecule has 2 aromatic rings. The van der Waals surface area contributed by atoms with Crippen LogP contribution in [0.4, 0.5) is 0 Å². The van der Waals surface area contributed by atoms with Gasteiger partial charge in [0.2, 0.25) is 0 Å². The lowest BCUT2D eigenvalue weighted by Gasteiger charge is -2.12. The number of tetrazole rings is 1. The number of aromatic nitrogens is 4. The van der Waals surface area contributed by atoms with Gasteiger partial charge in [-0.3, -0.25) is 0 Å². The molecule has 2 rings (SSSR count). The smallest absolute Gasteiger partial charge is 0.175 e. The summed E-state index contributed by atoms with van der Waals surface area (Å²) in [4.78, 5) is 1.41. The fourth-order valence-corrected chi connectivity index (χ4v) is 1.77. The summed E-state index contributed by atoms with van der Waals surface area (Å²) in [6, 6.07) is 7.42. The van der Waals surface area contributed by atoms with Gasteiger partial charge in [-0.1, -0.05) is 23.7 Å². The van der Waals surface area contributed by atoms with Crippen LogP contribution in [-0.2, 0) is 13.5 Å². The van der Waals surface area contributed by atoms with Crippen molar-refractivity contribution in [1.29, 1.82) is 0 Å². The highest BCUT2D eigenvalue weighted by atomic mass is 35.5. The molecule has 90 valence electrons. The van der Waals surface area contributed by atoms with Crippen LogP contribution in [0.5, 0.6) is 0 Å². The van der Waals surface area contributed by atoms with Gasteiger partial charge in [-0.25, -0.2) is 0 Å². The Morgan fingerprint density at radius 2 is 2.06 bits per heavy atom. The van der Waals surface area contributed by atoms with Crippen molar-refractivity contribution in [2.24, 2.45) is 7.05 Å². The molecule has 1 unspecified atom stereocenters. The molecule has 0 spiro atoms. The first kappa shape index (κ1) is 12.0. The van der Waals surface area contributed by atoms with Crippen LogP contribution >= 0.6 is 11.6 Å². The molecule has 0 amide bonds. The van der Waals surface area contributed by atoms with E-state index in [0.717, 1.165) is 5.56 Å². The molecule has 1 aromatic carbocycles. The predicted molar refractivity (Wildman–Crippen MR) is 63.8 cm³/mol. The van der Waals surface area contributed by atoms with Gasteiger partial charge >= 0.3 is 0 Å². The second kappa shape index (κ2) is 5.25. The van der Waals surface area contributed by atoms with E-state index in [1.54, 1.807) is 7.05 Å². The van der Waals surface area contributed by atoms with E-state index in [4.69, 9.17) is 11.6 Å². The van der Waals surface area contributed by atoms with Crippen molar-refractivity contribution >= 4 is 11.6 Å². The Kier molecular flexibility index (Phi) is 3.71. The lowest BCUT2D eigenvalue weighted by atomic mass is 9.96. The molecule has 0 saturated heterocycles. The number of halogens is 1. The van der Waals surface area contributed by atoms with Crippen LogP contribution in [-0.4, -0.2) is 31.9 Å². The molecule has 17 heavy (non-hydrogen) atoms. The van der Waals surface area contributed by atoms with Gasteiger partial charge in [0.15, 0.2) is 5.82 Å². The zero-order chi connectivity index (χ0) is 12.3. The Bertz CT molecular complexity index is 482. The molecule has 1 N–H and O–H groups in total. The van der Waals surface area contributed by atoms with Crippen LogP contribution in [0.1, 0.15) is 17.3 Å². The van der Waals surface area contributed by atoms with E-state index in [0.29, 0.717) is 17.3 Å². The third kappa shape index (κ3) is 3.01. The fraction of sp³-hybridized carbons (Fsp3) is 0.364. The molecule has 0 radical (unpaired) electrons. The maximum atomic E-state index is 9.40. The number of hydrogen-bond donors (Lipinski definition) is 1. The summed E-state index contributed by atoms with van der Waals surface area (Å²) in [6.07, 6.45) is 0.561.